The Bertz CT molecular complexity index is 1080. The molecular formula is C33H46N2O. The zero-order chi connectivity index (χ0) is 26.1. The lowest BCUT2D eigenvalue weighted by molar-refractivity contribution is -0.103. The minimum absolute atomic E-state index is 0.312. The van der Waals surface area contributed by atoms with Crippen molar-refractivity contribution in [3.63, 3.8) is 0 Å². The summed E-state index contributed by atoms with van der Waals surface area (Å²) in [7, 11) is 2.21. The van der Waals surface area contributed by atoms with Gasteiger partial charge in [-0.05, 0) is 74.5 Å². The quantitative estimate of drug-likeness (QED) is 0.137. The van der Waals surface area contributed by atoms with Crippen LogP contribution >= 0.6 is 0 Å². The van der Waals surface area contributed by atoms with Crippen LogP contribution in [0.2, 0.25) is 0 Å². The van der Waals surface area contributed by atoms with Crippen molar-refractivity contribution in [2.45, 2.75) is 110 Å². The first-order valence-corrected chi connectivity index (χ1v) is 14.1. The summed E-state index contributed by atoms with van der Waals surface area (Å²) < 4.78 is 2.45. The van der Waals surface area contributed by atoms with Crippen LogP contribution in [0.3, 0.4) is 0 Å². The maximum atomic E-state index is 11.1. The normalized spacial score (nSPS) is 19.6. The van der Waals surface area contributed by atoms with Crippen molar-refractivity contribution in [1.29, 1.82) is 0 Å². The van der Waals surface area contributed by atoms with Crippen LogP contribution in [0.1, 0.15) is 115 Å². The summed E-state index contributed by atoms with van der Waals surface area (Å²) in [4.78, 5) is 13.5. The highest BCUT2D eigenvalue weighted by Crippen LogP contribution is 2.41. The third-order valence-corrected chi connectivity index (χ3v) is 7.65. The minimum atomic E-state index is 0.312. The number of fused-ring (bicyclic) bond motifs is 1. The Kier molecular flexibility index (Phi) is 10.5. The van der Waals surface area contributed by atoms with E-state index in [1.807, 2.05) is 0 Å². The van der Waals surface area contributed by atoms with Crippen molar-refractivity contribution >= 4 is 6.29 Å². The van der Waals surface area contributed by atoms with Crippen molar-refractivity contribution < 1.29 is 4.79 Å². The number of rotatable bonds is 11. The summed E-state index contributed by atoms with van der Waals surface area (Å²) in [5.41, 5.74) is 7.87. The number of hydrogen-bond acceptors (Lipinski definition) is 2. The molecule has 36 heavy (non-hydrogen) atoms. The Morgan fingerprint density at radius 1 is 1.17 bits per heavy atom. The molecule has 0 radical (unpaired) electrons. The maximum absolute atomic E-state index is 11.1. The predicted molar refractivity (Wildman–Crippen MR) is 153 cm³/mol. The van der Waals surface area contributed by atoms with Gasteiger partial charge in [0.15, 0.2) is 6.29 Å². The summed E-state index contributed by atoms with van der Waals surface area (Å²) in [5.74, 6) is 6.74. The first-order chi connectivity index (χ1) is 17.4. The molecule has 3 nitrogen and oxygen atoms in total. The number of carbonyl (C=O) groups is 1. The number of aldehydes is 1. The van der Waals surface area contributed by atoms with Gasteiger partial charge in [-0.25, -0.2) is 0 Å². The molecule has 1 aliphatic carbocycles. The largest absolute Gasteiger partial charge is 0.364 e. The molecule has 0 saturated carbocycles. The topological polar surface area (TPSA) is 25.2 Å². The number of likely N-dealkylation sites (N-methyl/N-ethyl adjacent to an activating group) is 1. The van der Waals surface area contributed by atoms with Crippen LogP contribution in [0.25, 0.3) is 0 Å². The van der Waals surface area contributed by atoms with Crippen LogP contribution in [-0.2, 0) is 11.3 Å². The monoisotopic (exact) mass is 486 g/mol. The number of allylic oxidation sites excluding steroid dienone is 4. The fourth-order valence-corrected chi connectivity index (χ4v) is 5.72. The number of nitrogens with zero attached hydrogens (tertiary/aromatic N) is 2. The molecule has 0 bridgehead atoms. The molecule has 0 spiro atoms. The predicted octanol–water partition coefficient (Wildman–Crippen LogP) is 8.05. The molecule has 3 unspecified atom stereocenters. The van der Waals surface area contributed by atoms with Crippen LogP contribution in [0, 0.1) is 11.8 Å². The van der Waals surface area contributed by atoms with E-state index in [2.05, 4.69) is 99.4 Å². The second-order valence-corrected chi connectivity index (χ2v) is 10.6. The zero-order valence-corrected chi connectivity index (χ0v) is 23.4. The van der Waals surface area contributed by atoms with Gasteiger partial charge in [-0.15, -0.1) is 0 Å². The van der Waals surface area contributed by atoms with Gasteiger partial charge in [-0.1, -0.05) is 82.4 Å². The fraction of sp³-hybridized carbons (Fsp3) is 0.545. The third-order valence-electron chi connectivity index (χ3n) is 7.65. The fourth-order valence-electron chi connectivity index (χ4n) is 5.72. The van der Waals surface area contributed by atoms with E-state index in [0.29, 0.717) is 17.9 Å². The second kappa shape index (κ2) is 13.5. The van der Waals surface area contributed by atoms with Crippen LogP contribution in [-0.4, -0.2) is 28.8 Å². The number of aromatic nitrogens is 1. The molecule has 0 saturated heterocycles. The van der Waals surface area contributed by atoms with Crippen molar-refractivity contribution in [3.05, 3.63) is 70.2 Å². The van der Waals surface area contributed by atoms with Gasteiger partial charge in [-0.2, -0.15) is 0 Å². The Morgan fingerprint density at radius 3 is 2.61 bits per heavy atom. The Morgan fingerprint density at radius 2 is 1.94 bits per heavy atom. The highest BCUT2D eigenvalue weighted by Gasteiger charge is 2.29. The molecule has 2 aliphatic rings. The number of hydrogen-bond donors (Lipinski definition) is 0. The van der Waals surface area contributed by atoms with Gasteiger partial charge in [0.1, 0.15) is 0 Å². The Labute approximate surface area is 220 Å². The Balaban J connectivity index is 2.08. The van der Waals surface area contributed by atoms with E-state index in [4.69, 9.17) is 0 Å². The van der Waals surface area contributed by atoms with Gasteiger partial charge in [0, 0.05) is 30.9 Å². The molecule has 0 N–H and O–H groups in total. The van der Waals surface area contributed by atoms with Crippen LogP contribution in [0.4, 0.5) is 0 Å². The summed E-state index contributed by atoms with van der Waals surface area (Å²) in [5, 5.41) is 0. The van der Waals surface area contributed by atoms with Crippen molar-refractivity contribution in [1.82, 2.24) is 9.47 Å². The van der Waals surface area contributed by atoms with Gasteiger partial charge in [-0.3, -0.25) is 4.79 Å². The molecule has 3 rings (SSSR count). The zero-order valence-electron chi connectivity index (χ0n) is 23.4. The molecule has 0 aromatic carbocycles. The van der Waals surface area contributed by atoms with E-state index in [1.165, 1.54) is 53.8 Å². The molecular weight excluding hydrogens is 440 g/mol. The molecule has 0 fully saturated rings. The lowest BCUT2D eigenvalue weighted by Gasteiger charge is -2.36. The first-order valence-electron chi connectivity index (χ1n) is 14.1. The van der Waals surface area contributed by atoms with E-state index in [9.17, 15) is 4.79 Å². The molecule has 1 aliphatic heterocycles. The second-order valence-electron chi connectivity index (χ2n) is 10.6. The van der Waals surface area contributed by atoms with Gasteiger partial charge >= 0.3 is 0 Å². The summed E-state index contributed by atoms with van der Waals surface area (Å²) >= 11 is 0. The van der Waals surface area contributed by atoms with E-state index in [1.54, 1.807) is 0 Å². The van der Waals surface area contributed by atoms with E-state index >= 15 is 0 Å². The molecule has 2 heterocycles. The molecule has 3 atom stereocenters. The summed E-state index contributed by atoms with van der Waals surface area (Å²) in [6, 6.07) is 2.62. The lowest BCUT2D eigenvalue weighted by Crippen LogP contribution is -2.32. The SMILES string of the molecule is CCCCCC(CC)c1cc(C#CC=O)n(CCCC)c1C1C=C2C=CC(C=C(C)C)N(C)C2=CC1. The van der Waals surface area contributed by atoms with Gasteiger partial charge in [0.05, 0.1) is 11.7 Å². The minimum Gasteiger partial charge on any atom is -0.364 e. The molecule has 3 heteroatoms. The third kappa shape index (κ3) is 6.52. The number of unbranched alkanes of at least 4 members (excludes halogenated alkanes) is 3. The average Bonchev–Trinajstić information content (AvgIpc) is 3.23. The highest BCUT2D eigenvalue weighted by atomic mass is 16.1. The molecule has 1 aromatic rings. The van der Waals surface area contributed by atoms with Gasteiger partial charge in [0.2, 0.25) is 0 Å². The van der Waals surface area contributed by atoms with E-state index in [0.717, 1.165) is 44.2 Å². The smallest absolute Gasteiger partial charge is 0.193 e. The van der Waals surface area contributed by atoms with Crippen molar-refractivity contribution in [2.24, 2.45) is 0 Å². The lowest BCUT2D eigenvalue weighted by atomic mass is 9.83. The van der Waals surface area contributed by atoms with Gasteiger partial charge < -0.3 is 9.47 Å². The maximum Gasteiger partial charge on any atom is 0.193 e. The summed E-state index contributed by atoms with van der Waals surface area (Å²) in [6.07, 6.45) is 22.0. The Hall–Kier alpha value is -2.73. The van der Waals surface area contributed by atoms with Crippen molar-refractivity contribution in [3.8, 4) is 11.8 Å². The summed E-state index contributed by atoms with van der Waals surface area (Å²) in [6.45, 7) is 12.1. The van der Waals surface area contributed by atoms with Gasteiger partial charge in [0.25, 0.3) is 0 Å². The van der Waals surface area contributed by atoms with Crippen LogP contribution in [0.5, 0.6) is 0 Å². The van der Waals surface area contributed by atoms with Crippen molar-refractivity contribution in [2.75, 3.05) is 7.05 Å². The first kappa shape index (κ1) is 27.9. The van der Waals surface area contributed by atoms with E-state index in [-0.39, 0.29) is 0 Å². The van der Waals surface area contributed by atoms with Crippen LogP contribution in [0.15, 0.2) is 53.3 Å². The molecule has 1 aromatic heterocycles. The molecule has 194 valence electrons. The molecule has 0 amide bonds. The standard InChI is InChI=1S/C33H46N2O/c1-7-10-12-14-26(9-3)31-24-30(15-13-21-36)35(20-11-8-2)33(31)28-17-19-32-27(23-28)16-18-29(34(32)6)22-25(4)5/h16,18-19,21-24,26,28-29H,7-12,14,17,20H2,1-6H3. The number of carbonyl (C=O) groups excluding carboxylic acids is 1. The average molecular weight is 487 g/mol. The highest BCUT2D eigenvalue weighted by molar-refractivity contribution is 5.73. The van der Waals surface area contributed by atoms with Crippen LogP contribution < -0.4 is 0 Å². The van der Waals surface area contributed by atoms with E-state index < -0.39 is 0 Å².